The van der Waals surface area contributed by atoms with Crippen molar-refractivity contribution in [2.45, 2.75) is 138 Å². The molecule has 0 fully saturated rings. The number of azide groups is 1. The maximum atomic E-state index is 12.5. The molecule has 0 unspecified atom stereocenters. The molecule has 0 rings (SSSR count). The molecule has 0 heterocycles. The van der Waals surface area contributed by atoms with Gasteiger partial charge in [-0.1, -0.05) is 82.3 Å². The lowest BCUT2D eigenvalue weighted by atomic mass is 9.97. The molecule has 0 aliphatic carbocycles. The molecule has 7 nitrogen and oxygen atoms in total. The van der Waals surface area contributed by atoms with Crippen LogP contribution in [0.3, 0.4) is 0 Å². The van der Waals surface area contributed by atoms with Crippen molar-refractivity contribution in [1.82, 2.24) is 0 Å². The number of allylic oxidation sites excluding steroid dienone is 1. The van der Waals surface area contributed by atoms with Gasteiger partial charge in [-0.15, -0.1) is 0 Å². The quantitative estimate of drug-likeness (QED) is 0.0477. The number of carbonyl (C=O) groups is 2. The first kappa shape index (κ1) is 33.0. The van der Waals surface area contributed by atoms with Gasteiger partial charge in [-0.3, -0.25) is 9.59 Å². The first-order chi connectivity index (χ1) is 16.4. The van der Waals surface area contributed by atoms with E-state index in [0.29, 0.717) is 0 Å². The summed E-state index contributed by atoms with van der Waals surface area (Å²) in [5.74, 6) is -0.802. The molecule has 202 valence electrons. The summed E-state index contributed by atoms with van der Waals surface area (Å²) in [4.78, 5) is 27.6. The van der Waals surface area contributed by atoms with Crippen molar-refractivity contribution in [2.75, 3.05) is 6.61 Å². The number of ether oxygens (including phenoxy) is 2. The number of hydrogen-bond acceptors (Lipinski definition) is 5. The fraction of sp³-hybridized carbons (Fsp3) is 0.857. The Morgan fingerprint density at radius 1 is 0.829 bits per heavy atom. The van der Waals surface area contributed by atoms with E-state index in [0.717, 1.165) is 19.3 Å². The lowest BCUT2D eigenvalue weighted by Crippen LogP contribution is -2.37. The number of rotatable bonds is 18. The van der Waals surface area contributed by atoms with Crippen molar-refractivity contribution in [1.29, 1.82) is 0 Å². The first-order valence-electron chi connectivity index (χ1n) is 13.5. The van der Waals surface area contributed by atoms with Crippen LogP contribution in [-0.2, 0) is 19.1 Å². The summed E-state index contributed by atoms with van der Waals surface area (Å²) in [6.45, 7) is 12.7. The third-order valence-corrected chi connectivity index (χ3v) is 5.73. The van der Waals surface area contributed by atoms with Crippen molar-refractivity contribution < 1.29 is 19.1 Å². The molecular formula is C28H51N3O4. The van der Waals surface area contributed by atoms with E-state index >= 15 is 0 Å². The maximum absolute atomic E-state index is 12.5. The zero-order chi connectivity index (χ0) is 26.7. The molecule has 0 saturated heterocycles. The molecular weight excluding hydrogens is 442 g/mol. The molecule has 7 heteroatoms. The number of esters is 2. The molecule has 0 radical (unpaired) electrons. The van der Waals surface area contributed by atoms with Gasteiger partial charge >= 0.3 is 11.9 Å². The van der Waals surface area contributed by atoms with Crippen LogP contribution in [0.15, 0.2) is 17.3 Å². The minimum atomic E-state index is -0.828. The third-order valence-electron chi connectivity index (χ3n) is 5.73. The Morgan fingerprint density at radius 3 is 1.77 bits per heavy atom. The summed E-state index contributed by atoms with van der Waals surface area (Å²) in [6, 6.07) is -0.828. The van der Waals surface area contributed by atoms with Crippen molar-refractivity contribution in [3.05, 3.63) is 22.6 Å². The van der Waals surface area contributed by atoms with Gasteiger partial charge in [0.1, 0.15) is 18.8 Å². The number of unbranched alkanes of at least 4 members (excludes halogenated alkanes) is 11. The van der Waals surface area contributed by atoms with Gasteiger partial charge in [0.05, 0.1) is 10.8 Å². The van der Waals surface area contributed by atoms with E-state index in [-0.39, 0.29) is 6.61 Å². The largest absolute Gasteiger partial charge is 0.465 e. The smallest absolute Gasteiger partial charge is 0.311 e. The molecule has 0 amide bonds. The molecule has 2 atom stereocenters. The standard InChI is InChI=1S/C28H51N3O4/c1-8-9-10-11-12-13-14-15-16-17-18-19-20-21-24(35-26(33)28(5,6)7)23(30-31-29)22-34-25(32)27(2,3)4/h20-21,23-24H,8-19,22H2,1-7H3/t23-,24+/m0/s1. The molecule has 0 aliphatic heterocycles. The van der Waals surface area contributed by atoms with Gasteiger partial charge in [0.15, 0.2) is 0 Å². The van der Waals surface area contributed by atoms with Crippen molar-refractivity contribution in [3.8, 4) is 0 Å². The van der Waals surface area contributed by atoms with E-state index < -0.39 is 34.9 Å². The normalized spacial score (nSPS) is 13.8. The zero-order valence-corrected chi connectivity index (χ0v) is 23.5. The molecule has 0 saturated carbocycles. The highest BCUT2D eigenvalue weighted by molar-refractivity contribution is 5.76. The van der Waals surface area contributed by atoms with Crippen LogP contribution in [0.25, 0.3) is 10.4 Å². The summed E-state index contributed by atoms with van der Waals surface area (Å²) < 4.78 is 11.0. The molecule has 0 N–H and O–H groups in total. The Labute approximate surface area is 214 Å². The lowest BCUT2D eigenvalue weighted by molar-refractivity contribution is -0.160. The molecule has 0 spiro atoms. The van der Waals surface area contributed by atoms with E-state index in [1.54, 1.807) is 47.6 Å². The SMILES string of the molecule is CCCCCCCCCCCCCC=C[C@@H](OC(=O)C(C)(C)C)[C@H](COC(=O)C(C)(C)C)N=[N+]=[N-]. The van der Waals surface area contributed by atoms with Crippen molar-refractivity contribution in [2.24, 2.45) is 15.9 Å². The minimum Gasteiger partial charge on any atom is -0.465 e. The number of hydrogen-bond donors (Lipinski definition) is 0. The Hall–Kier alpha value is -2.01. The number of nitrogens with zero attached hydrogens (tertiary/aromatic N) is 3. The first-order valence-corrected chi connectivity index (χ1v) is 13.5. The van der Waals surface area contributed by atoms with Crippen molar-refractivity contribution >= 4 is 11.9 Å². The van der Waals surface area contributed by atoms with Gasteiger partial charge in [0.2, 0.25) is 0 Å². The van der Waals surface area contributed by atoms with E-state index in [9.17, 15) is 9.59 Å². The molecule has 0 aromatic carbocycles. The van der Waals surface area contributed by atoms with Crippen LogP contribution in [-0.4, -0.2) is 30.7 Å². The number of carbonyl (C=O) groups excluding carboxylic acids is 2. The molecule has 35 heavy (non-hydrogen) atoms. The monoisotopic (exact) mass is 493 g/mol. The van der Waals surface area contributed by atoms with Crippen molar-refractivity contribution in [3.63, 3.8) is 0 Å². The fourth-order valence-electron chi connectivity index (χ4n) is 3.34. The van der Waals surface area contributed by atoms with Gasteiger partial charge < -0.3 is 9.47 Å². The highest BCUT2D eigenvalue weighted by atomic mass is 16.6. The zero-order valence-electron chi connectivity index (χ0n) is 23.5. The van der Waals surface area contributed by atoms with Gasteiger partial charge in [-0.25, -0.2) is 0 Å². The second-order valence-electron chi connectivity index (χ2n) is 11.5. The molecule has 0 bridgehead atoms. The van der Waals surface area contributed by atoms with Crippen LogP contribution < -0.4 is 0 Å². The highest BCUT2D eigenvalue weighted by Crippen LogP contribution is 2.21. The fourth-order valence-corrected chi connectivity index (χ4v) is 3.34. The van der Waals surface area contributed by atoms with Gasteiger partial charge in [-0.2, -0.15) is 0 Å². The Balaban J connectivity index is 4.71. The second kappa shape index (κ2) is 18.3. The summed E-state index contributed by atoms with van der Waals surface area (Å²) in [5, 5.41) is 3.77. The Bertz CT molecular complexity index is 671. The molecule has 0 aromatic heterocycles. The van der Waals surface area contributed by atoms with Crippen LogP contribution in [0, 0.1) is 10.8 Å². The summed E-state index contributed by atoms with van der Waals surface area (Å²) >= 11 is 0. The maximum Gasteiger partial charge on any atom is 0.311 e. The van der Waals surface area contributed by atoms with Crippen LogP contribution in [0.4, 0.5) is 0 Å². The molecule has 0 aromatic rings. The van der Waals surface area contributed by atoms with Crippen LogP contribution >= 0.6 is 0 Å². The summed E-state index contributed by atoms with van der Waals surface area (Å²) in [6.07, 6.45) is 17.9. The van der Waals surface area contributed by atoms with Crippen LogP contribution in [0.2, 0.25) is 0 Å². The van der Waals surface area contributed by atoms with E-state index in [4.69, 9.17) is 15.0 Å². The second-order valence-corrected chi connectivity index (χ2v) is 11.5. The Kier molecular flexibility index (Phi) is 17.2. The average molecular weight is 494 g/mol. The van der Waals surface area contributed by atoms with Gasteiger partial charge in [0.25, 0.3) is 0 Å². The van der Waals surface area contributed by atoms with E-state index in [2.05, 4.69) is 16.9 Å². The third kappa shape index (κ3) is 17.1. The van der Waals surface area contributed by atoms with Crippen LogP contribution in [0.5, 0.6) is 0 Å². The Morgan fingerprint density at radius 2 is 1.31 bits per heavy atom. The minimum absolute atomic E-state index is 0.148. The van der Waals surface area contributed by atoms with Crippen LogP contribution in [0.1, 0.15) is 126 Å². The van der Waals surface area contributed by atoms with E-state index in [1.165, 1.54) is 57.8 Å². The van der Waals surface area contributed by atoms with Gasteiger partial charge in [0, 0.05) is 4.91 Å². The predicted octanol–water partition coefficient (Wildman–Crippen LogP) is 8.47. The highest BCUT2D eigenvalue weighted by Gasteiger charge is 2.31. The molecule has 0 aliphatic rings. The predicted molar refractivity (Wildman–Crippen MR) is 143 cm³/mol. The summed E-state index contributed by atoms with van der Waals surface area (Å²) in [5.41, 5.74) is 7.66. The lowest BCUT2D eigenvalue weighted by Gasteiger charge is -2.26. The van der Waals surface area contributed by atoms with E-state index in [1.807, 2.05) is 6.08 Å². The average Bonchev–Trinajstić information content (AvgIpc) is 2.77. The topological polar surface area (TPSA) is 101 Å². The summed E-state index contributed by atoms with van der Waals surface area (Å²) in [7, 11) is 0. The van der Waals surface area contributed by atoms with Gasteiger partial charge in [-0.05, 0) is 66.0 Å².